The van der Waals surface area contributed by atoms with Gasteiger partial charge in [-0.3, -0.25) is 0 Å². The number of rotatable bonds is 4. The van der Waals surface area contributed by atoms with Gasteiger partial charge in [0, 0.05) is 6.07 Å². The van der Waals surface area contributed by atoms with Gasteiger partial charge in [0.2, 0.25) is 0 Å². The molecule has 1 heterocycles. The van der Waals surface area contributed by atoms with E-state index < -0.39 is 0 Å². The third kappa shape index (κ3) is 2.77. The molecule has 2 aromatic rings. The Balaban J connectivity index is 2.11. The molecule has 0 atom stereocenters. The van der Waals surface area contributed by atoms with Gasteiger partial charge in [0.1, 0.15) is 11.5 Å². The maximum Gasteiger partial charge on any atom is 0.264 e. The Morgan fingerprint density at radius 1 is 1.33 bits per heavy atom. The first-order valence-corrected chi connectivity index (χ1v) is 5.22. The second-order valence-electron chi connectivity index (χ2n) is 3.53. The first-order chi connectivity index (χ1) is 8.71. The molecule has 0 N–H and O–H groups in total. The molecule has 1 aromatic carbocycles. The third-order valence-electron chi connectivity index (χ3n) is 2.18. The van der Waals surface area contributed by atoms with Gasteiger partial charge < -0.3 is 14.0 Å². The topological polar surface area (TPSA) is 81.2 Å². The molecule has 6 heteroatoms. The molecule has 2 rings (SSSR count). The fourth-order valence-corrected chi connectivity index (χ4v) is 1.38. The normalized spacial score (nSPS) is 9.83. The predicted molar refractivity (Wildman–Crippen MR) is 61.1 cm³/mol. The SMILES string of the molecule is COc1cc(C#N)cc(OCc2nc(C)no2)c1. The fraction of sp³-hybridized carbons (Fsp3) is 0.250. The van der Waals surface area contributed by atoms with Crippen LogP contribution < -0.4 is 9.47 Å². The summed E-state index contributed by atoms with van der Waals surface area (Å²) >= 11 is 0. The van der Waals surface area contributed by atoms with Crippen LogP contribution in [0.2, 0.25) is 0 Å². The van der Waals surface area contributed by atoms with E-state index in [0.717, 1.165) is 0 Å². The lowest BCUT2D eigenvalue weighted by atomic mass is 10.2. The van der Waals surface area contributed by atoms with Gasteiger partial charge in [-0.15, -0.1) is 0 Å². The number of aromatic nitrogens is 2. The van der Waals surface area contributed by atoms with Crippen molar-refractivity contribution < 1.29 is 14.0 Å². The number of nitrogens with zero attached hydrogens (tertiary/aromatic N) is 3. The summed E-state index contributed by atoms with van der Waals surface area (Å²) in [5.41, 5.74) is 0.464. The first-order valence-electron chi connectivity index (χ1n) is 5.22. The molecule has 0 saturated heterocycles. The Hall–Kier alpha value is -2.55. The Kier molecular flexibility index (Phi) is 3.44. The van der Waals surface area contributed by atoms with E-state index in [1.165, 1.54) is 7.11 Å². The number of hydrogen-bond acceptors (Lipinski definition) is 6. The van der Waals surface area contributed by atoms with Gasteiger partial charge in [-0.1, -0.05) is 5.16 Å². The standard InChI is InChI=1S/C12H11N3O3/c1-8-14-12(18-15-8)7-17-11-4-9(6-13)3-10(5-11)16-2/h3-5H,7H2,1-2H3. The number of hydrogen-bond donors (Lipinski definition) is 0. The smallest absolute Gasteiger partial charge is 0.264 e. The highest BCUT2D eigenvalue weighted by molar-refractivity contribution is 5.43. The molecule has 92 valence electrons. The minimum atomic E-state index is 0.152. The number of benzene rings is 1. The Labute approximate surface area is 104 Å². The zero-order valence-corrected chi connectivity index (χ0v) is 10.0. The second kappa shape index (κ2) is 5.19. The van der Waals surface area contributed by atoms with Crippen molar-refractivity contribution in [3.63, 3.8) is 0 Å². The van der Waals surface area contributed by atoms with E-state index >= 15 is 0 Å². The Morgan fingerprint density at radius 3 is 2.72 bits per heavy atom. The van der Waals surface area contributed by atoms with E-state index in [1.54, 1.807) is 25.1 Å². The molecule has 6 nitrogen and oxygen atoms in total. The summed E-state index contributed by atoms with van der Waals surface area (Å²) in [5.74, 6) is 2.01. The Bertz CT molecular complexity index is 586. The molecule has 0 unspecified atom stereocenters. The zero-order chi connectivity index (χ0) is 13.0. The predicted octanol–water partition coefficient (Wildman–Crippen LogP) is 1.84. The minimum Gasteiger partial charge on any atom is -0.497 e. The first kappa shape index (κ1) is 11.9. The van der Waals surface area contributed by atoms with Crippen LogP contribution in [0.25, 0.3) is 0 Å². The molecule has 0 radical (unpaired) electrons. The second-order valence-corrected chi connectivity index (χ2v) is 3.53. The van der Waals surface area contributed by atoms with Crippen molar-refractivity contribution in [2.45, 2.75) is 13.5 Å². The van der Waals surface area contributed by atoms with Gasteiger partial charge in [0.25, 0.3) is 5.89 Å². The summed E-state index contributed by atoms with van der Waals surface area (Å²) in [6, 6.07) is 6.96. The highest BCUT2D eigenvalue weighted by atomic mass is 16.5. The Morgan fingerprint density at radius 2 is 2.11 bits per heavy atom. The van der Waals surface area contributed by atoms with Crippen LogP contribution in [-0.4, -0.2) is 17.3 Å². The molecule has 0 aliphatic carbocycles. The molecular formula is C12H11N3O3. The quantitative estimate of drug-likeness (QED) is 0.817. The van der Waals surface area contributed by atoms with Crippen molar-refractivity contribution in [2.75, 3.05) is 7.11 Å². The lowest BCUT2D eigenvalue weighted by molar-refractivity contribution is 0.241. The number of ether oxygens (including phenoxy) is 2. The van der Waals surface area contributed by atoms with Crippen LogP contribution in [0, 0.1) is 18.3 Å². The van der Waals surface area contributed by atoms with Crippen LogP contribution in [0.5, 0.6) is 11.5 Å². The highest BCUT2D eigenvalue weighted by Gasteiger charge is 2.06. The number of methoxy groups -OCH3 is 1. The van der Waals surface area contributed by atoms with Crippen LogP contribution in [0.3, 0.4) is 0 Å². The van der Waals surface area contributed by atoms with Gasteiger partial charge >= 0.3 is 0 Å². The number of nitriles is 1. The molecular weight excluding hydrogens is 234 g/mol. The molecule has 0 bridgehead atoms. The number of aryl methyl sites for hydroxylation is 1. The van der Waals surface area contributed by atoms with Crippen molar-refractivity contribution in [2.24, 2.45) is 0 Å². The molecule has 0 amide bonds. The van der Waals surface area contributed by atoms with Crippen molar-refractivity contribution in [1.29, 1.82) is 5.26 Å². The monoisotopic (exact) mass is 245 g/mol. The molecule has 0 fully saturated rings. The van der Waals surface area contributed by atoms with E-state index in [1.807, 2.05) is 6.07 Å². The molecule has 0 aliphatic rings. The van der Waals surface area contributed by atoms with Gasteiger partial charge in [-0.05, 0) is 19.1 Å². The summed E-state index contributed by atoms with van der Waals surface area (Å²) in [7, 11) is 1.53. The fourth-order valence-electron chi connectivity index (χ4n) is 1.38. The van der Waals surface area contributed by atoms with Crippen LogP contribution in [-0.2, 0) is 6.61 Å². The summed E-state index contributed by atoms with van der Waals surface area (Å²) in [4.78, 5) is 4.01. The molecule has 0 spiro atoms. The molecule has 1 aromatic heterocycles. The van der Waals surface area contributed by atoms with E-state index in [2.05, 4.69) is 10.1 Å². The summed E-state index contributed by atoms with van der Waals surface area (Å²) in [5, 5.41) is 12.5. The maximum atomic E-state index is 8.87. The molecule has 0 saturated carbocycles. The summed E-state index contributed by atoms with van der Waals surface area (Å²) in [6.45, 7) is 1.88. The average Bonchev–Trinajstić information content (AvgIpc) is 2.81. The van der Waals surface area contributed by atoms with Crippen LogP contribution in [0.1, 0.15) is 17.3 Å². The third-order valence-corrected chi connectivity index (χ3v) is 2.18. The van der Waals surface area contributed by atoms with Crippen molar-refractivity contribution in [3.8, 4) is 17.6 Å². The van der Waals surface area contributed by atoms with E-state index in [4.69, 9.17) is 19.3 Å². The van der Waals surface area contributed by atoms with Crippen LogP contribution >= 0.6 is 0 Å². The van der Waals surface area contributed by atoms with E-state index in [-0.39, 0.29) is 6.61 Å². The van der Waals surface area contributed by atoms with Crippen molar-refractivity contribution in [1.82, 2.24) is 10.1 Å². The average molecular weight is 245 g/mol. The molecule has 18 heavy (non-hydrogen) atoms. The van der Waals surface area contributed by atoms with E-state index in [9.17, 15) is 0 Å². The lowest BCUT2D eigenvalue weighted by Crippen LogP contribution is -1.97. The van der Waals surface area contributed by atoms with Crippen molar-refractivity contribution in [3.05, 3.63) is 35.5 Å². The summed E-state index contributed by atoms with van der Waals surface area (Å²) in [6.07, 6.45) is 0. The van der Waals surface area contributed by atoms with Gasteiger partial charge in [-0.25, -0.2) is 0 Å². The van der Waals surface area contributed by atoms with Gasteiger partial charge in [-0.2, -0.15) is 10.2 Å². The summed E-state index contributed by atoms with van der Waals surface area (Å²) < 4.78 is 15.5. The van der Waals surface area contributed by atoms with Crippen LogP contribution in [0.15, 0.2) is 22.7 Å². The zero-order valence-electron chi connectivity index (χ0n) is 10.0. The van der Waals surface area contributed by atoms with Crippen LogP contribution in [0.4, 0.5) is 0 Å². The van der Waals surface area contributed by atoms with Crippen molar-refractivity contribution >= 4 is 0 Å². The largest absolute Gasteiger partial charge is 0.497 e. The highest BCUT2D eigenvalue weighted by Crippen LogP contribution is 2.22. The van der Waals surface area contributed by atoms with E-state index in [0.29, 0.717) is 28.8 Å². The molecule has 0 aliphatic heterocycles. The lowest BCUT2D eigenvalue weighted by Gasteiger charge is -2.06. The van der Waals surface area contributed by atoms with Gasteiger partial charge in [0.15, 0.2) is 12.4 Å². The maximum absolute atomic E-state index is 8.87. The van der Waals surface area contributed by atoms with Gasteiger partial charge in [0.05, 0.1) is 18.7 Å². The minimum absolute atomic E-state index is 0.152.